The van der Waals surface area contributed by atoms with Crippen LogP contribution in [0.3, 0.4) is 0 Å². The van der Waals surface area contributed by atoms with Gasteiger partial charge in [0.25, 0.3) is 5.91 Å². The van der Waals surface area contributed by atoms with Gasteiger partial charge >= 0.3 is 0 Å². The molecular weight excluding hydrogens is 674 g/mol. The normalized spacial score (nSPS) is 30.4. The van der Waals surface area contributed by atoms with Crippen LogP contribution in [0.5, 0.6) is 5.75 Å². The van der Waals surface area contributed by atoms with E-state index >= 15 is 0 Å². The fourth-order valence-corrected chi connectivity index (χ4v) is 9.98. The van der Waals surface area contributed by atoms with Crippen molar-refractivity contribution >= 4 is 33.2 Å². The van der Waals surface area contributed by atoms with Crippen molar-refractivity contribution in [3.8, 4) is 5.75 Å². The van der Waals surface area contributed by atoms with Crippen molar-refractivity contribution in [2.24, 2.45) is 17.8 Å². The minimum atomic E-state index is -3.94. The minimum Gasteiger partial charge on any atom is -0.487 e. The summed E-state index contributed by atoms with van der Waals surface area (Å²) >= 11 is 6.38. The van der Waals surface area contributed by atoms with Crippen molar-refractivity contribution in [2.75, 3.05) is 50.8 Å². The molecule has 11 heteroatoms. The smallest absolute Gasteiger partial charge is 0.264 e. The third-order valence-corrected chi connectivity index (χ3v) is 14.0. The lowest BCUT2D eigenvalue weighted by atomic mass is 9.62. The summed E-state index contributed by atoms with van der Waals surface area (Å²) in [6, 6.07) is 11.2. The number of ether oxygens (including phenoxy) is 2. The fraction of sp³-hybridized carbons (Fsp3) is 0.667. The Morgan fingerprint density at radius 2 is 1.74 bits per heavy atom. The van der Waals surface area contributed by atoms with Crippen molar-refractivity contribution in [1.29, 1.82) is 0 Å². The molecule has 2 aromatic rings. The maximum atomic E-state index is 13.6. The van der Waals surface area contributed by atoms with Gasteiger partial charge in [-0.05, 0) is 137 Å². The molecule has 2 bridgehead atoms. The van der Waals surface area contributed by atoms with Gasteiger partial charge in [0.05, 0.1) is 16.5 Å². The van der Waals surface area contributed by atoms with Gasteiger partial charge in [-0.15, -0.1) is 0 Å². The summed E-state index contributed by atoms with van der Waals surface area (Å²) in [6.45, 7) is 9.46. The van der Waals surface area contributed by atoms with E-state index in [0.29, 0.717) is 36.8 Å². The third-order valence-electron chi connectivity index (χ3n) is 11.9. The number of hydrogen-bond acceptors (Lipinski definition) is 8. The van der Waals surface area contributed by atoms with E-state index in [2.05, 4.69) is 14.5 Å². The molecule has 1 saturated carbocycles. The Morgan fingerprint density at radius 3 is 2.56 bits per heavy atom. The van der Waals surface area contributed by atoms with Crippen molar-refractivity contribution < 1.29 is 27.8 Å². The molecule has 5 atom stereocenters. The first-order valence-corrected chi connectivity index (χ1v) is 20.8. The third kappa shape index (κ3) is 8.98. The molecule has 0 spiro atoms. The number of benzene rings is 2. The first kappa shape index (κ1) is 37.4. The van der Waals surface area contributed by atoms with Crippen LogP contribution in [0.2, 0.25) is 5.02 Å². The van der Waals surface area contributed by atoms with Crippen molar-refractivity contribution in [1.82, 2.24) is 9.62 Å². The molecule has 2 fully saturated rings. The lowest BCUT2D eigenvalue weighted by molar-refractivity contribution is -0.106. The highest BCUT2D eigenvalue weighted by Gasteiger charge is 2.47. The van der Waals surface area contributed by atoms with Gasteiger partial charge in [0.2, 0.25) is 10.0 Å². The lowest BCUT2D eigenvalue weighted by Gasteiger charge is -2.51. The van der Waals surface area contributed by atoms with Crippen LogP contribution in [0.25, 0.3) is 0 Å². The Hall–Kier alpha value is -2.37. The Balaban J connectivity index is 1.36. The molecule has 0 unspecified atom stereocenters. The highest BCUT2D eigenvalue weighted by atomic mass is 35.5. The quantitative estimate of drug-likeness (QED) is 0.357. The molecule has 276 valence electrons. The van der Waals surface area contributed by atoms with E-state index in [1.807, 2.05) is 25.1 Å². The number of carbonyl (C=O) groups excluding carboxylic acids is 1. The summed E-state index contributed by atoms with van der Waals surface area (Å²) < 4.78 is 41.7. The van der Waals surface area contributed by atoms with Crippen LogP contribution in [0.15, 0.2) is 36.4 Å². The van der Waals surface area contributed by atoms with E-state index < -0.39 is 26.8 Å². The number of aryl methyl sites for hydroxylation is 1. The number of anilines is 1. The molecule has 3 heterocycles. The average Bonchev–Trinajstić information content (AvgIpc) is 3.17. The number of nitrogens with zero attached hydrogens (tertiary/aromatic N) is 2. The number of fused-ring (bicyclic) bond motifs is 3. The summed E-state index contributed by atoms with van der Waals surface area (Å²) in [4.78, 5) is 18.3. The van der Waals surface area contributed by atoms with Crippen molar-refractivity contribution in [3.05, 3.63) is 58.1 Å². The van der Waals surface area contributed by atoms with Crippen LogP contribution in [0.4, 0.5) is 5.69 Å². The van der Waals surface area contributed by atoms with E-state index in [1.54, 1.807) is 25.1 Å². The predicted octanol–water partition coefficient (Wildman–Crippen LogP) is 6.59. The second-order valence-electron chi connectivity index (χ2n) is 15.3. The molecule has 1 saturated heterocycles. The zero-order valence-electron chi connectivity index (χ0n) is 29.9. The zero-order chi connectivity index (χ0) is 35.3. The van der Waals surface area contributed by atoms with Gasteiger partial charge in [-0.25, -0.2) is 13.1 Å². The number of halogens is 1. The van der Waals surface area contributed by atoms with E-state index in [-0.39, 0.29) is 23.3 Å². The summed E-state index contributed by atoms with van der Waals surface area (Å²) in [6.07, 6.45) is 9.78. The Kier molecular flexibility index (Phi) is 12.4. The summed E-state index contributed by atoms with van der Waals surface area (Å²) in [5, 5.41) is 12.7. The summed E-state index contributed by atoms with van der Waals surface area (Å²) in [5.41, 5.74) is 2.44. The minimum absolute atomic E-state index is 0.121. The van der Waals surface area contributed by atoms with E-state index in [0.717, 1.165) is 108 Å². The summed E-state index contributed by atoms with van der Waals surface area (Å²) in [7, 11) is -3.94. The molecule has 50 heavy (non-hydrogen) atoms. The van der Waals surface area contributed by atoms with Gasteiger partial charge in [-0.1, -0.05) is 31.0 Å². The first-order chi connectivity index (χ1) is 24.0. The van der Waals surface area contributed by atoms with Gasteiger partial charge in [0.15, 0.2) is 0 Å². The van der Waals surface area contributed by atoms with Crippen molar-refractivity contribution in [2.45, 2.75) is 102 Å². The molecule has 0 aromatic heterocycles. The monoisotopic (exact) mass is 729 g/mol. The van der Waals surface area contributed by atoms with Crippen molar-refractivity contribution in [3.63, 3.8) is 0 Å². The molecule has 1 amide bonds. The van der Waals surface area contributed by atoms with Crippen LogP contribution in [0.1, 0.15) is 99.5 Å². The second kappa shape index (κ2) is 16.5. The molecule has 4 aliphatic rings. The number of β-amino-alcohol motifs (C(OH)–C–C–N with tert-alkyl or cyclic N) is 1. The van der Waals surface area contributed by atoms with Crippen LogP contribution >= 0.6 is 11.6 Å². The van der Waals surface area contributed by atoms with Crippen LogP contribution in [0, 0.1) is 17.8 Å². The first-order valence-electron chi connectivity index (χ1n) is 18.9. The number of carbonyl (C=O) groups is 1. The topological polar surface area (TPSA) is 108 Å². The molecular formula is C39H56ClN3O6S. The van der Waals surface area contributed by atoms with Crippen LogP contribution in [-0.4, -0.2) is 81.1 Å². The van der Waals surface area contributed by atoms with Crippen LogP contribution < -0.4 is 14.4 Å². The van der Waals surface area contributed by atoms with Gasteiger partial charge < -0.3 is 24.4 Å². The maximum absolute atomic E-state index is 13.6. The van der Waals surface area contributed by atoms with Gasteiger partial charge in [0.1, 0.15) is 12.4 Å². The Labute approximate surface area is 304 Å². The number of hydrogen-bond donors (Lipinski definition) is 2. The molecule has 9 nitrogen and oxygen atoms in total. The summed E-state index contributed by atoms with van der Waals surface area (Å²) in [5.74, 6) is 0.234. The average molecular weight is 730 g/mol. The number of nitrogens with one attached hydrogen (secondary N) is 1. The molecule has 2 N–H and O–H groups in total. The fourth-order valence-electron chi connectivity index (χ4n) is 8.48. The number of amides is 1. The van der Waals surface area contributed by atoms with Crippen LogP contribution in [-0.2, 0) is 27.8 Å². The Morgan fingerprint density at radius 1 is 0.940 bits per heavy atom. The van der Waals surface area contributed by atoms with E-state index in [9.17, 15) is 18.3 Å². The Bertz CT molecular complexity index is 1580. The predicted molar refractivity (Wildman–Crippen MR) is 199 cm³/mol. The zero-order valence-corrected chi connectivity index (χ0v) is 31.5. The van der Waals surface area contributed by atoms with Gasteiger partial charge in [-0.3, -0.25) is 4.79 Å². The highest BCUT2D eigenvalue weighted by molar-refractivity contribution is 7.90. The standard InChI is InChI=1S/C39H56ClN3O6S/c1-28-9-7-17-39(45,27-42-18-5-6-21-48-22-8-19-42)35-15-12-32(35)25-43-20-4-3-10-30-23-34(40)14-11-33(30)26-49-37-16-13-31(24-36(37)43)38(44)41-50(46,47)29(28)2/h11,13-14,16,23-24,28-29,32,35,45H,3-10,12,15,17-22,25-27H2,1-2H3,(H,41,44)/t28-,29+,32-,35-,39+/m0/s1. The van der Waals surface area contributed by atoms with Gasteiger partial charge in [0, 0.05) is 50.0 Å². The maximum Gasteiger partial charge on any atom is 0.264 e. The SMILES string of the molecule is C[C@@H]1[C@@H](C)CCC[C@@](O)(CN2CCCCOCCC2)[C@H]2CC[C@H]2CN2CCCCc3cc(Cl)ccc3COc3ccc(cc32)C(=O)NS1(=O)=O. The molecule has 1 aliphatic carbocycles. The number of sulfonamides is 1. The van der Waals surface area contributed by atoms with E-state index in [1.165, 1.54) is 5.56 Å². The largest absolute Gasteiger partial charge is 0.487 e. The molecule has 2 aromatic carbocycles. The molecule has 3 aliphatic heterocycles. The highest BCUT2D eigenvalue weighted by Crippen LogP contribution is 2.46. The van der Waals surface area contributed by atoms with Gasteiger partial charge in [-0.2, -0.15) is 0 Å². The molecule has 0 radical (unpaired) electrons. The lowest BCUT2D eigenvalue weighted by Crippen LogP contribution is -2.56. The number of aliphatic hydroxyl groups is 1. The number of rotatable bonds is 2. The second-order valence-corrected chi connectivity index (χ2v) is 17.8. The molecule has 6 rings (SSSR count). The van der Waals surface area contributed by atoms with E-state index in [4.69, 9.17) is 21.1 Å².